The topological polar surface area (TPSA) is 61.8 Å². The Hall–Kier alpha value is -1.46. The highest BCUT2D eigenvalue weighted by molar-refractivity contribution is 6.31. The van der Waals surface area contributed by atoms with Gasteiger partial charge in [-0.25, -0.2) is 4.79 Å². The van der Waals surface area contributed by atoms with E-state index in [2.05, 4.69) is 5.32 Å². The minimum atomic E-state index is -0.911. The van der Waals surface area contributed by atoms with Crippen LogP contribution in [0.5, 0.6) is 5.75 Å². The maximum Gasteiger partial charge on any atom is 0.317 e. The molecule has 0 aliphatic rings. The molecule has 21 heavy (non-hydrogen) atoms. The normalized spacial score (nSPS) is 11.1. The van der Waals surface area contributed by atoms with Crippen LogP contribution in [0, 0.1) is 0 Å². The van der Waals surface area contributed by atoms with Crippen molar-refractivity contribution in [3.8, 4) is 5.75 Å². The van der Waals surface area contributed by atoms with E-state index in [1.807, 2.05) is 12.1 Å². The van der Waals surface area contributed by atoms with Gasteiger partial charge in [0.1, 0.15) is 5.75 Å². The van der Waals surface area contributed by atoms with Crippen LogP contribution in [0.25, 0.3) is 0 Å². The van der Waals surface area contributed by atoms with Crippen LogP contribution in [0.4, 0.5) is 4.79 Å². The molecule has 0 fully saturated rings. The van der Waals surface area contributed by atoms with Crippen LogP contribution < -0.4 is 10.1 Å². The molecule has 1 aromatic carbocycles. The van der Waals surface area contributed by atoms with Crippen LogP contribution in [0.2, 0.25) is 5.02 Å². The lowest BCUT2D eigenvalue weighted by Gasteiger charge is -2.25. The number of aliphatic hydroxyl groups is 1. The molecule has 0 unspecified atom stereocenters. The highest BCUT2D eigenvalue weighted by Gasteiger charge is 2.18. The molecule has 2 amide bonds. The molecule has 0 saturated heterocycles. The van der Waals surface area contributed by atoms with Gasteiger partial charge in [-0.05, 0) is 38.0 Å². The number of carbonyl (C=O) groups is 1. The highest BCUT2D eigenvalue weighted by atomic mass is 35.5. The second-order valence-corrected chi connectivity index (χ2v) is 6.01. The molecule has 0 aromatic heterocycles. The van der Waals surface area contributed by atoms with Gasteiger partial charge in [0.2, 0.25) is 0 Å². The molecule has 0 aliphatic carbocycles. The number of amides is 2. The van der Waals surface area contributed by atoms with Gasteiger partial charge in [0.05, 0.1) is 19.3 Å². The zero-order valence-electron chi connectivity index (χ0n) is 12.9. The maximum atomic E-state index is 11.8. The van der Waals surface area contributed by atoms with Gasteiger partial charge in [0, 0.05) is 18.6 Å². The van der Waals surface area contributed by atoms with E-state index < -0.39 is 5.60 Å². The second kappa shape index (κ2) is 7.52. The first-order chi connectivity index (χ1) is 9.73. The van der Waals surface area contributed by atoms with Gasteiger partial charge in [-0.1, -0.05) is 17.7 Å². The zero-order valence-corrected chi connectivity index (χ0v) is 13.7. The number of halogens is 1. The fraction of sp³-hybridized carbons (Fsp3) is 0.533. The number of benzene rings is 1. The minimum Gasteiger partial charge on any atom is -0.497 e. The molecule has 0 saturated carbocycles. The quantitative estimate of drug-likeness (QED) is 0.847. The van der Waals surface area contributed by atoms with Gasteiger partial charge < -0.3 is 20.1 Å². The predicted octanol–water partition coefficient (Wildman–Crippen LogP) is 2.30. The number of nitrogens with zero attached hydrogens (tertiary/aromatic N) is 1. The molecule has 0 radical (unpaired) electrons. The van der Waals surface area contributed by atoms with Crippen molar-refractivity contribution in [1.29, 1.82) is 0 Å². The van der Waals surface area contributed by atoms with E-state index in [1.165, 1.54) is 4.90 Å². The number of ether oxygens (including phenoxy) is 1. The number of likely N-dealkylation sites (N-methyl/N-ethyl adjacent to an activating group) is 1. The van der Waals surface area contributed by atoms with E-state index >= 15 is 0 Å². The molecule has 5 nitrogen and oxygen atoms in total. The fourth-order valence-electron chi connectivity index (χ4n) is 1.95. The molecule has 6 heteroatoms. The van der Waals surface area contributed by atoms with Crippen molar-refractivity contribution < 1.29 is 14.6 Å². The lowest BCUT2D eigenvalue weighted by atomic mass is 10.1. The summed E-state index contributed by atoms with van der Waals surface area (Å²) in [5, 5.41) is 13.1. The van der Waals surface area contributed by atoms with Crippen molar-refractivity contribution in [3.63, 3.8) is 0 Å². The first-order valence-corrected chi connectivity index (χ1v) is 7.14. The first kappa shape index (κ1) is 17.6. The van der Waals surface area contributed by atoms with Gasteiger partial charge in [-0.2, -0.15) is 0 Å². The summed E-state index contributed by atoms with van der Waals surface area (Å²) in [6, 6.07) is 5.25. The Morgan fingerprint density at radius 3 is 2.67 bits per heavy atom. The molecular formula is C15H23ClN2O3. The standard InChI is InChI=1S/C15H23ClN2O3/c1-15(2,20)10-18(3)14(19)17-8-7-11-5-6-12(21-4)9-13(11)16/h5-6,9,20H,7-8,10H2,1-4H3,(H,17,19). The Bertz CT molecular complexity index is 486. The molecule has 0 bridgehead atoms. The summed E-state index contributed by atoms with van der Waals surface area (Å²) in [6.07, 6.45) is 0.630. The van der Waals surface area contributed by atoms with E-state index in [0.717, 1.165) is 5.56 Å². The number of nitrogens with one attached hydrogen (secondary N) is 1. The summed E-state index contributed by atoms with van der Waals surface area (Å²) >= 11 is 6.14. The third-order valence-electron chi connectivity index (χ3n) is 2.90. The Morgan fingerprint density at radius 2 is 2.14 bits per heavy atom. The van der Waals surface area contributed by atoms with Gasteiger partial charge in [0.25, 0.3) is 0 Å². The highest BCUT2D eigenvalue weighted by Crippen LogP contribution is 2.22. The van der Waals surface area contributed by atoms with Gasteiger partial charge in [-0.3, -0.25) is 0 Å². The summed E-state index contributed by atoms with van der Waals surface area (Å²) in [7, 11) is 3.23. The SMILES string of the molecule is COc1ccc(CCNC(=O)N(C)CC(C)(C)O)c(Cl)c1. The Balaban J connectivity index is 2.44. The predicted molar refractivity (Wildman–Crippen MR) is 84.0 cm³/mol. The van der Waals surface area contributed by atoms with E-state index in [0.29, 0.717) is 23.7 Å². The van der Waals surface area contributed by atoms with E-state index in [1.54, 1.807) is 34.1 Å². The Morgan fingerprint density at radius 1 is 1.48 bits per heavy atom. The van der Waals surface area contributed by atoms with Gasteiger partial charge in [0.15, 0.2) is 0 Å². The van der Waals surface area contributed by atoms with Gasteiger partial charge >= 0.3 is 6.03 Å². The summed E-state index contributed by atoms with van der Waals surface area (Å²) in [4.78, 5) is 13.3. The van der Waals surface area contributed by atoms with E-state index in [4.69, 9.17) is 16.3 Å². The molecule has 0 spiro atoms. The van der Waals surface area contributed by atoms with Crippen molar-refractivity contribution in [2.45, 2.75) is 25.9 Å². The average molecular weight is 315 g/mol. The van der Waals surface area contributed by atoms with Crippen molar-refractivity contribution >= 4 is 17.6 Å². The number of hydrogen-bond acceptors (Lipinski definition) is 3. The van der Waals surface area contributed by atoms with Crippen molar-refractivity contribution in [1.82, 2.24) is 10.2 Å². The summed E-state index contributed by atoms with van der Waals surface area (Å²) in [5.41, 5.74) is 0.0358. The van der Waals surface area contributed by atoms with Crippen LogP contribution in [0.3, 0.4) is 0 Å². The molecule has 1 aromatic rings. The van der Waals surface area contributed by atoms with Crippen LogP contribution in [-0.4, -0.2) is 48.9 Å². The average Bonchev–Trinajstić information content (AvgIpc) is 2.38. The summed E-state index contributed by atoms with van der Waals surface area (Å²) in [6.45, 7) is 4.06. The van der Waals surface area contributed by atoms with Crippen LogP contribution in [0.15, 0.2) is 18.2 Å². The smallest absolute Gasteiger partial charge is 0.317 e. The van der Waals surface area contributed by atoms with Crippen LogP contribution in [0.1, 0.15) is 19.4 Å². The number of carbonyl (C=O) groups excluding carboxylic acids is 1. The first-order valence-electron chi connectivity index (χ1n) is 6.76. The van der Waals surface area contributed by atoms with Crippen LogP contribution >= 0.6 is 11.6 Å². The zero-order chi connectivity index (χ0) is 16.0. The molecule has 118 valence electrons. The number of methoxy groups -OCH3 is 1. The van der Waals surface area contributed by atoms with Crippen molar-refractivity contribution in [3.05, 3.63) is 28.8 Å². The van der Waals surface area contributed by atoms with Crippen molar-refractivity contribution in [2.24, 2.45) is 0 Å². The second-order valence-electron chi connectivity index (χ2n) is 5.61. The molecule has 0 heterocycles. The Kier molecular flexibility index (Phi) is 6.30. The lowest BCUT2D eigenvalue weighted by molar-refractivity contribution is 0.0532. The molecule has 0 aliphatic heterocycles. The monoisotopic (exact) mass is 314 g/mol. The Labute approximate surface area is 130 Å². The fourth-order valence-corrected chi connectivity index (χ4v) is 2.21. The lowest BCUT2D eigenvalue weighted by Crippen LogP contribution is -2.45. The van der Waals surface area contributed by atoms with Crippen molar-refractivity contribution in [2.75, 3.05) is 27.2 Å². The summed E-state index contributed by atoms with van der Waals surface area (Å²) < 4.78 is 5.09. The summed E-state index contributed by atoms with van der Waals surface area (Å²) in [5.74, 6) is 0.706. The largest absolute Gasteiger partial charge is 0.497 e. The minimum absolute atomic E-state index is 0.221. The number of hydrogen-bond donors (Lipinski definition) is 2. The number of urea groups is 1. The molecule has 0 atom stereocenters. The van der Waals surface area contributed by atoms with E-state index in [9.17, 15) is 9.90 Å². The van der Waals surface area contributed by atoms with E-state index in [-0.39, 0.29) is 12.6 Å². The molecular weight excluding hydrogens is 292 g/mol. The van der Waals surface area contributed by atoms with Gasteiger partial charge in [-0.15, -0.1) is 0 Å². The maximum absolute atomic E-state index is 11.8. The number of rotatable bonds is 6. The third kappa shape index (κ3) is 6.23. The molecule has 2 N–H and O–H groups in total. The molecule has 1 rings (SSSR count). The van der Waals surface area contributed by atoms with Crippen LogP contribution in [-0.2, 0) is 6.42 Å². The third-order valence-corrected chi connectivity index (χ3v) is 3.25.